The molecule has 1 unspecified atom stereocenters. The fourth-order valence-corrected chi connectivity index (χ4v) is 3.82. The standard InChI is InChI=1S/C25H22N2O3/c1-16(26-22-14-7-6-11-20(22)25(29)30)18-12-8-13-19-21(18)15-23(27(2)24(19)28)17-9-4-3-5-10-17/h3-16,26H,1-2H3,(H,29,30). The summed E-state index contributed by atoms with van der Waals surface area (Å²) in [6.45, 7) is 1.97. The zero-order valence-corrected chi connectivity index (χ0v) is 16.8. The first-order valence-electron chi connectivity index (χ1n) is 9.74. The highest BCUT2D eigenvalue weighted by Gasteiger charge is 2.17. The number of nitrogens with zero attached hydrogens (tertiary/aromatic N) is 1. The maximum absolute atomic E-state index is 13.1. The van der Waals surface area contributed by atoms with Gasteiger partial charge in [-0.15, -0.1) is 0 Å². The number of carboxylic acid groups (broad SMARTS) is 1. The quantitative estimate of drug-likeness (QED) is 0.492. The Morgan fingerprint density at radius 2 is 1.63 bits per heavy atom. The third-order valence-electron chi connectivity index (χ3n) is 5.38. The lowest BCUT2D eigenvalue weighted by Gasteiger charge is -2.20. The van der Waals surface area contributed by atoms with Gasteiger partial charge in [0.25, 0.3) is 5.56 Å². The maximum Gasteiger partial charge on any atom is 0.337 e. The van der Waals surface area contributed by atoms with Crippen LogP contribution in [-0.4, -0.2) is 15.6 Å². The van der Waals surface area contributed by atoms with Crippen LogP contribution < -0.4 is 10.9 Å². The average Bonchev–Trinajstić information content (AvgIpc) is 2.76. The predicted molar refractivity (Wildman–Crippen MR) is 120 cm³/mol. The number of aromatic carboxylic acids is 1. The van der Waals surface area contributed by atoms with Crippen LogP contribution in [0, 0.1) is 0 Å². The molecule has 0 fully saturated rings. The number of benzene rings is 3. The van der Waals surface area contributed by atoms with Crippen molar-refractivity contribution < 1.29 is 9.90 Å². The van der Waals surface area contributed by atoms with E-state index >= 15 is 0 Å². The number of para-hydroxylation sites is 1. The number of carbonyl (C=O) groups is 1. The zero-order chi connectivity index (χ0) is 21.3. The highest BCUT2D eigenvalue weighted by molar-refractivity contribution is 5.94. The van der Waals surface area contributed by atoms with Gasteiger partial charge in [0.1, 0.15) is 0 Å². The minimum absolute atomic E-state index is 0.0636. The van der Waals surface area contributed by atoms with E-state index in [0.29, 0.717) is 11.1 Å². The van der Waals surface area contributed by atoms with Gasteiger partial charge in [0.05, 0.1) is 11.3 Å². The van der Waals surface area contributed by atoms with Crippen LogP contribution in [0.4, 0.5) is 5.69 Å². The maximum atomic E-state index is 13.1. The van der Waals surface area contributed by atoms with E-state index in [1.165, 1.54) is 0 Å². The molecule has 30 heavy (non-hydrogen) atoms. The summed E-state index contributed by atoms with van der Waals surface area (Å²) in [6, 6.07) is 24.1. The summed E-state index contributed by atoms with van der Waals surface area (Å²) in [5.41, 5.74) is 3.42. The number of hydrogen-bond acceptors (Lipinski definition) is 3. The summed E-state index contributed by atoms with van der Waals surface area (Å²) in [5.74, 6) is -0.983. The van der Waals surface area contributed by atoms with E-state index in [9.17, 15) is 14.7 Å². The second kappa shape index (κ2) is 7.87. The molecule has 5 nitrogen and oxygen atoms in total. The van der Waals surface area contributed by atoms with Gasteiger partial charge in [0.15, 0.2) is 0 Å². The number of pyridine rings is 1. The first-order valence-corrected chi connectivity index (χ1v) is 9.74. The molecule has 0 amide bonds. The zero-order valence-electron chi connectivity index (χ0n) is 16.8. The van der Waals surface area contributed by atoms with Crippen LogP contribution in [0.5, 0.6) is 0 Å². The number of rotatable bonds is 5. The molecule has 0 saturated carbocycles. The highest BCUT2D eigenvalue weighted by Crippen LogP contribution is 2.30. The van der Waals surface area contributed by atoms with Crippen molar-refractivity contribution in [2.45, 2.75) is 13.0 Å². The Kier molecular flexibility index (Phi) is 5.11. The van der Waals surface area contributed by atoms with Crippen LogP contribution in [-0.2, 0) is 7.05 Å². The van der Waals surface area contributed by atoms with Crippen LogP contribution in [0.15, 0.2) is 83.7 Å². The van der Waals surface area contributed by atoms with E-state index in [1.807, 2.05) is 61.5 Å². The summed E-state index contributed by atoms with van der Waals surface area (Å²) < 4.78 is 1.67. The molecule has 0 aliphatic carbocycles. The van der Waals surface area contributed by atoms with Crippen molar-refractivity contribution in [1.82, 2.24) is 4.57 Å². The summed E-state index contributed by atoms with van der Waals surface area (Å²) >= 11 is 0. The molecule has 1 atom stereocenters. The van der Waals surface area contributed by atoms with Crippen molar-refractivity contribution in [3.8, 4) is 11.3 Å². The van der Waals surface area contributed by atoms with Gasteiger partial charge in [-0.05, 0) is 47.7 Å². The van der Waals surface area contributed by atoms with Gasteiger partial charge in [-0.25, -0.2) is 4.79 Å². The number of fused-ring (bicyclic) bond motifs is 1. The summed E-state index contributed by atoms with van der Waals surface area (Å²) in [4.78, 5) is 24.6. The normalized spacial score (nSPS) is 11.9. The van der Waals surface area contributed by atoms with E-state index in [4.69, 9.17) is 0 Å². The molecule has 0 saturated heterocycles. The molecule has 0 aliphatic rings. The van der Waals surface area contributed by atoms with Crippen LogP contribution in [0.2, 0.25) is 0 Å². The van der Waals surface area contributed by atoms with E-state index in [2.05, 4.69) is 5.32 Å². The van der Waals surface area contributed by atoms with E-state index < -0.39 is 5.97 Å². The largest absolute Gasteiger partial charge is 0.478 e. The molecular formula is C25H22N2O3. The second-order valence-corrected chi connectivity index (χ2v) is 7.29. The van der Waals surface area contributed by atoms with Gasteiger partial charge in [-0.3, -0.25) is 4.79 Å². The average molecular weight is 398 g/mol. The van der Waals surface area contributed by atoms with Gasteiger partial charge in [-0.2, -0.15) is 0 Å². The molecule has 3 aromatic carbocycles. The van der Waals surface area contributed by atoms with Gasteiger partial charge in [0, 0.05) is 24.2 Å². The molecule has 0 aliphatic heterocycles. The fourth-order valence-electron chi connectivity index (χ4n) is 3.82. The van der Waals surface area contributed by atoms with Crippen molar-refractivity contribution in [1.29, 1.82) is 0 Å². The first kappa shape index (κ1) is 19.5. The Hall–Kier alpha value is -3.86. The third kappa shape index (κ3) is 3.46. The van der Waals surface area contributed by atoms with Crippen LogP contribution >= 0.6 is 0 Å². The van der Waals surface area contributed by atoms with E-state index in [0.717, 1.165) is 22.2 Å². The number of hydrogen-bond donors (Lipinski definition) is 2. The Morgan fingerprint density at radius 3 is 2.37 bits per heavy atom. The number of nitrogens with one attached hydrogen (secondary N) is 1. The Bertz CT molecular complexity index is 1290. The van der Waals surface area contributed by atoms with Crippen molar-refractivity contribution in [3.63, 3.8) is 0 Å². The van der Waals surface area contributed by atoms with Crippen molar-refractivity contribution in [3.05, 3.63) is 100 Å². The Balaban J connectivity index is 1.85. The number of aromatic nitrogens is 1. The van der Waals surface area contributed by atoms with E-state index in [-0.39, 0.29) is 17.2 Å². The van der Waals surface area contributed by atoms with Crippen molar-refractivity contribution in [2.75, 3.05) is 5.32 Å². The van der Waals surface area contributed by atoms with Gasteiger partial charge >= 0.3 is 5.97 Å². The SMILES string of the molecule is CC(Nc1ccccc1C(=O)O)c1cccc2c(=O)n(C)c(-c3ccccc3)cc12. The van der Waals surface area contributed by atoms with Crippen molar-refractivity contribution in [2.24, 2.45) is 7.05 Å². The lowest BCUT2D eigenvalue weighted by atomic mass is 9.98. The summed E-state index contributed by atoms with van der Waals surface area (Å²) in [7, 11) is 1.78. The van der Waals surface area contributed by atoms with Crippen LogP contribution in [0.1, 0.15) is 28.9 Å². The molecule has 0 radical (unpaired) electrons. The summed E-state index contributed by atoms with van der Waals surface area (Å²) in [5, 5.41) is 14.3. The molecule has 4 aromatic rings. The second-order valence-electron chi connectivity index (χ2n) is 7.29. The number of carboxylic acids is 1. The molecule has 1 aromatic heterocycles. The number of anilines is 1. The van der Waals surface area contributed by atoms with Gasteiger partial charge in [-0.1, -0.05) is 54.6 Å². The van der Waals surface area contributed by atoms with Crippen LogP contribution in [0.3, 0.4) is 0 Å². The molecule has 4 rings (SSSR count). The lowest BCUT2D eigenvalue weighted by Crippen LogP contribution is -2.19. The predicted octanol–water partition coefficient (Wildman–Crippen LogP) is 5.08. The molecule has 0 bridgehead atoms. The Morgan fingerprint density at radius 1 is 0.933 bits per heavy atom. The molecule has 2 N–H and O–H groups in total. The Labute approximate surface area is 174 Å². The van der Waals surface area contributed by atoms with Crippen LogP contribution in [0.25, 0.3) is 22.0 Å². The molecule has 1 heterocycles. The molecular weight excluding hydrogens is 376 g/mol. The van der Waals surface area contributed by atoms with E-state index in [1.54, 1.807) is 35.9 Å². The summed E-state index contributed by atoms with van der Waals surface area (Å²) in [6.07, 6.45) is 0. The molecule has 0 spiro atoms. The fraction of sp³-hybridized carbons (Fsp3) is 0.120. The topological polar surface area (TPSA) is 71.3 Å². The smallest absolute Gasteiger partial charge is 0.337 e. The van der Waals surface area contributed by atoms with Crippen molar-refractivity contribution >= 4 is 22.4 Å². The minimum atomic E-state index is -0.983. The molecule has 150 valence electrons. The first-order chi connectivity index (χ1) is 14.5. The highest BCUT2D eigenvalue weighted by atomic mass is 16.4. The monoisotopic (exact) mass is 398 g/mol. The minimum Gasteiger partial charge on any atom is -0.478 e. The molecule has 5 heteroatoms. The van der Waals surface area contributed by atoms with Gasteiger partial charge in [0.2, 0.25) is 0 Å². The third-order valence-corrected chi connectivity index (χ3v) is 5.38. The lowest BCUT2D eigenvalue weighted by molar-refractivity contribution is 0.0698. The van der Waals surface area contributed by atoms with Gasteiger partial charge < -0.3 is 15.0 Å².